The van der Waals surface area contributed by atoms with Gasteiger partial charge in [-0.15, -0.1) is 0 Å². The van der Waals surface area contributed by atoms with Gasteiger partial charge in [-0.25, -0.2) is 0 Å². The lowest BCUT2D eigenvalue weighted by Gasteiger charge is -2.00. The summed E-state index contributed by atoms with van der Waals surface area (Å²) in [6.07, 6.45) is 0. The van der Waals surface area contributed by atoms with Crippen molar-refractivity contribution in [1.82, 2.24) is 0 Å². The summed E-state index contributed by atoms with van der Waals surface area (Å²) >= 11 is 11.9. The molecule has 0 spiro atoms. The lowest BCUT2D eigenvalue weighted by molar-refractivity contribution is -0.669. The van der Waals surface area contributed by atoms with E-state index >= 15 is 0 Å². The Morgan fingerprint density at radius 1 is 1.12 bits per heavy atom. The van der Waals surface area contributed by atoms with Gasteiger partial charge in [0.15, 0.2) is 5.76 Å². The van der Waals surface area contributed by atoms with Crippen molar-refractivity contribution in [2.45, 2.75) is 13.5 Å². The van der Waals surface area contributed by atoms with Crippen LogP contribution in [0.15, 0.2) is 34.7 Å². The number of benzene rings is 1. The minimum Gasteiger partial charge on any atom is -0.455 e. The third-order valence-electron chi connectivity index (χ3n) is 2.44. The van der Waals surface area contributed by atoms with Crippen LogP contribution >= 0.6 is 23.2 Å². The van der Waals surface area contributed by atoms with Gasteiger partial charge in [0.05, 0.1) is 6.54 Å². The van der Waals surface area contributed by atoms with E-state index in [1.165, 1.54) is 0 Å². The summed E-state index contributed by atoms with van der Waals surface area (Å²) in [7, 11) is 0. The Morgan fingerprint density at radius 2 is 1.82 bits per heavy atom. The van der Waals surface area contributed by atoms with E-state index in [4.69, 9.17) is 27.6 Å². The number of rotatable bonds is 4. The molecule has 0 saturated carbocycles. The fourth-order valence-corrected chi connectivity index (χ4v) is 2.15. The highest BCUT2D eigenvalue weighted by Crippen LogP contribution is 2.28. The molecule has 0 aliphatic rings. The molecule has 0 radical (unpaired) electrons. The van der Waals surface area contributed by atoms with Crippen molar-refractivity contribution in [3.05, 3.63) is 46.1 Å². The molecule has 1 heterocycles. The van der Waals surface area contributed by atoms with Crippen LogP contribution in [0, 0.1) is 0 Å². The first-order valence-corrected chi connectivity index (χ1v) is 6.31. The average Bonchev–Trinajstić information content (AvgIpc) is 2.73. The zero-order valence-corrected chi connectivity index (χ0v) is 11.1. The van der Waals surface area contributed by atoms with Crippen molar-refractivity contribution in [3.63, 3.8) is 0 Å². The van der Waals surface area contributed by atoms with E-state index in [1.54, 1.807) is 6.07 Å². The van der Waals surface area contributed by atoms with Crippen LogP contribution in [-0.2, 0) is 6.54 Å². The molecule has 0 bridgehead atoms. The molecule has 0 aliphatic carbocycles. The summed E-state index contributed by atoms with van der Waals surface area (Å²) < 4.78 is 5.73. The topological polar surface area (TPSA) is 29.8 Å². The van der Waals surface area contributed by atoms with E-state index in [0.717, 1.165) is 30.2 Å². The number of nitrogens with two attached hydrogens (primary N) is 1. The van der Waals surface area contributed by atoms with E-state index in [0.29, 0.717) is 10.0 Å². The Bertz CT molecular complexity index is 488. The summed E-state index contributed by atoms with van der Waals surface area (Å²) in [4.78, 5) is 0. The zero-order chi connectivity index (χ0) is 12.3. The molecule has 90 valence electrons. The van der Waals surface area contributed by atoms with E-state index < -0.39 is 0 Å². The molecule has 0 unspecified atom stereocenters. The van der Waals surface area contributed by atoms with Gasteiger partial charge in [-0.05, 0) is 37.3 Å². The fourth-order valence-electron chi connectivity index (χ4n) is 1.63. The standard InChI is InChI=1S/C13H13Cl2NO/c1-2-16-8-12-3-4-13(17-12)9-5-10(14)7-11(15)6-9/h3-7,16H,2,8H2,1H3/p+1. The van der Waals surface area contributed by atoms with Crippen molar-refractivity contribution in [3.8, 4) is 11.3 Å². The quantitative estimate of drug-likeness (QED) is 0.908. The van der Waals surface area contributed by atoms with Gasteiger partial charge in [-0.3, -0.25) is 0 Å². The molecule has 2 N–H and O–H groups in total. The van der Waals surface area contributed by atoms with Crippen LogP contribution in [0.5, 0.6) is 0 Å². The van der Waals surface area contributed by atoms with Crippen molar-refractivity contribution < 1.29 is 9.73 Å². The molecule has 0 aliphatic heterocycles. The molecule has 2 nitrogen and oxygen atoms in total. The smallest absolute Gasteiger partial charge is 0.158 e. The number of quaternary nitrogens is 1. The predicted octanol–water partition coefficient (Wildman–Crippen LogP) is 3.34. The molecule has 4 heteroatoms. The highest BCUT2D eigenvalue weighted by atomic mass is 35.5. The summed E-state index contributed by atoms with van der Waals surface area (Å²) in [5.41, 5.74) is 0.908. The van der Waals surface area contributed by atoms with Crippen LogP contribution in [-0.4, -0.2) is 6.54 Å². The Kier molecular flexibility index (Phi) is 4.11. The second-order valence-electron chi connectivity index (χ2n) is 3.83. The Labute approximate surface area is 111 Å². The largest absolute Gasteiger partial charge is 0.455 e. The van der Waals surface area contributed by atoms with Crippen LogP contribution in [0.25, 0.3) is 11.3 Å². The van der Waals surface area contributed by atoms with Gasteiger partial charge in [-0.1, -0.05) is 23.2 Å². The normalized spacial score (nSPS) is 10.8. The third kappa shape index (κ3) is 3.25. The van der Waals surface area contributed by atoms with Crippen LogP contribution in [0.4, 0.5) is 0 Å². The van der Waals surface area contributed by atoms with Gasteiger partial charge >= 0.3 is 0 Å². The minimum absolute atomic E-state index is 0.616. The molecular formula is C13H14Cl2NO+. The van der Waals surface area contributed by atoms with Gasteiger partial charge < -0.3 is 9.73 Å². The van der Waals surface area contributed by atoms with E-state index in [2.05, 4.69) is 12.2 Å². The molecule has 0 saturated heterocycles. The summed E-state index contributed by atoms with van der Waals surface area (Å²) in [5, 5.41) is 3.41. The first-order chi connectivity index (χ1) is 8.19. The molecule has 0 atom stereocenters. The van der Waals surface area contributed by atoms with E-state index in [1.807, 2.05) is 24.3 Å². The lowest BCUT2D eigenvalue weighted by Crippen LogP contribution is -2.81. The molecule has 0 amide bonds. The average molecular weight is 271 g/mol. The first kappa shape index (κ1) is 12.5. The maximum absolute atomic E-state index is 5.96. The van der Waals surface area contributed by atoms with E-state index in [9.17, 15) is 0 Å². The van der Waals surface area contributed by atoms with Gasteiger partial charge in [0, 0.05) is 15.6 Å². The van der Waals surface area contributed by atoms with Crippen LogP contribution in [0.3, 0.4) is 0 Å². The zero-order valence-electron chi connectivity index (χ0n) is 9.54. The summed E-state index contributed by atoms with van der Waals surface area (Å²) in [6.45, 7) is 4.00. The number of furan rings is 1. The van der Waals surface area contributed by atoms with Crippen LogP contribution in [0.1, 0.15) is 12.7 Å². The molecule has 2 aromatic rings. The summed E-state index contributed by atoms with van der Waals surface area (Å²) in [5.74, 6) is 1.76. The lowest BCUT2D eigenvalue weighted by atomic mass is 10.2. The van der Waals surface area contributed by atoms with E-state index in [-0.39, 0.29) is 0 Å². The Morgan fingerprint density at radius 3 is 2.47 bits per heavy atom. The molecule has 17 heavy (non-hydrogen) atoms. The highest BCUT2D eigenvalue weighted by molar-refractivity contribution is 6.35. The monoisotopic (exact) mass is 270 g/mol. The first-order valence-electron chi connectivity index (χ1n) is 5.56. The van der Waals surface area contributed by atoms with Crippen molar-refractivity contribution >= 4 is 23.2 Å². The fraction of sp³-hybridized carbons (Fsp3) is 0.231. The second-order valence-corrected chi connectivity index (χ2v) is 4.70. The Hall–Kier alpha value is -0.960. The minimum atomic E-state index is 0.616. The number of hydrogen-bond acceptors (Lipinski definition) is 1. The highest BCUT2D eigenvalue weighted by Gasteiger charge is 2.07. The maximum Gasteiger partial charge on any atom is 0.158 e. The number of halogens is 2. The van der Waals surface area contributed by atoms with Gasteiger partial charge in [0.1, 0.15) is 12.3 Å². The van der Waals surface area contributed by atoms with Gasteiger partial charge in [0.25, 0.3) is 0 Å². The van der Waals surface area contributed by atoms with Crippen molar-refractivity contribution in [2.24, 2.45) is 0 Å². The predicted molar refractivity (Wildman–Crippen MR) is 70.3 cm³/mol. The number of hydrogen-bond donors (Lipinski definition) is 1. The molecule has 2 rings (SSSR count). The maximum atomic E-state index is 5.96. The van der Waals surface area contributed by atoms with Crippen molar-refractivity contribution in [2.75, 3.05) is 6.54 Å². The molecule has 0 fully saturated rings. The Balaban J connectivity index is 2.24. The second kappa shape index (κ2) is 5.58. The van der Waals surface area contributed by atoms with Gasteiger partial charge in [-0.2, -0.15) is 0 Å². The van der Waals surface area contributed by atoms with Gasteiger partial charge in [0.2, 0.25) is 0 Å². The summed E-state index contributed by atoms with van der Waals surface area (Å²) in [6, 6.07) is 9.33. The van der Waals surface area contributed by atoms with Crippen molar-refractivity contribution in [1.29, 1.82) is 0 Å². The van der Waals surface area contributed by atoms with Crippen LogP contribution in [0.2, 0.25) is 10.0 Å². The SMILES string of the molecule is CC[NH2+]Cc1ccc(-c2cc(Cl)cc(Cl)c2)o1. The third-order valence-corrected chi connectivity index (χ3v) is 2.88. The molecular weight excluding hydrogens is 257 g/mol. The molecule has 1 aromatic carbocycles. The molecule has 1 aromatic heterocycles. The van der Waals surface area contributed by atoms with Crippen LogP contribution < -0.4 is 5.32 Å².